The van der Waals surface area contributed by atoms with Crippen LogP contribution in [0.15, 0.2) is 57.3 Å². The van der Waals surface area contributed by atoms with Gasteiger partial charge in [-0.2, -0.15) is 5.09 Å². The van der Waals surface area contributed by atoms with Crippen LogP contribution in [0.3, 0.4) is 0 Å². The Morgan fingerprint density at radius 3 is 2.60 bits per heavy atom. The number of para-hydroxylation sites is 1. The largest absolute Gasteiger partial charge is 0.462 e. The minimum atomic E-state index is -4.57. The third-order valence-corrected chi connectivity index (χ3v) is 7.18. The van der Waals surface area contributed by atoms with Crippen molar-refractivity contribution in [3.05, 3.63) is 73.9 Å². The van der Waals surface area contributed by atoms with Gasteiger partial charge >= 0.3 is 19.4 Å². The summed E-state index contributed by atoms with van der Waals surface area (Å²) in [6, 6.07) is 7.36. The van der Waals surface area contributed by atoms with Gasteiger partial charge < -0.3 is 24.2 Å². The van der Waals surface area contributed by atoms with Crippen LogP contribution in [0.2, 0.25) is 0 Å². The zero-order valence-corrected chi connectivity index (χ0v) is 22.4. The van der Waals surface area contributed by atoms with Crippen molar-refractivity contribution in [2.45, 2.75) is 56.6 Å². The van der Waals surface area contributed by atoms with Crippen molar-refractivity contribution >= 4 is 13.7 Å². The number of aliphatic hydroxyl groups excluding tert-OH is 1. The van der Waals surface area contributed by atoms with Gasteiger partial charge in [-0.05, 0) is 38.4 Å². The number of aliphatic hydroxyl groups is 2. The second kappa shape index (κ2) is 12.1. The van der Waals surface area contributed by atoms with Gasteiger partial charge in [0.05, 0.1) is 12.7 Å². The normalized spacial score (nSPS) is 26.2. The van der Waals surface area contributed by atoms with Crippen LogP contribution in [0, 0.1) is 12.3 Å². The molecule has 0 bridgehead atoms. The van der Waals surface area contributed by atoms with E-state index in [9.17, 15) is 34.7 Å². The number of terminal acetylenes is 1. The maximum atomic E-state index is 13.8. The minimum Gasteiger partial charge on any atom is -0.462 e. The molecule has 1 aliphatic rings. The molecule has 2 aromatic rings. The predicted molar refractivity (Wildman–Crippen MR) is 138 cm³/mol. The lowest BCUT2D eigenvalue weighted by molar-refractivity contribution is -0.149. The van der Waals surface area contributed by atoms with E-state index >= 15 is 0 Å². The molecule has 1 aromatic carbocycles. The van der Waals surface area contributed by atoms with Crippen LogP contribution in [0.25, 0.3) is 10.4 Å². The molecule has 6 atom stereocenters. The third-order valence-electron chi connectivity index (χ3n) is 5.55. The van der Waals surface area contributed by atoms with Crippen LogP contribution in [-0.4, -0.2) is 61.9 Å². The summed E-state index contributed by atoms with van der Waals surface area (Å²) in [6.45, 7) is 3.48. The van der Waals surface area contributed by atoms with E-state index in [4.69, 9.17) is 24.9 Å². The number of nitrogens with zero attached hydrogens (tertiary/aromatic N) is 4. The number of carbonyl (C=O) groups is 1. The molecule has 1 aromatic heterocycles. The van der Waals surface area contributed by atoms with E-state index in [1.54, 1.807) is 32.0 Å². The number of carbonyl (C=O) groups excluding carboxylic acids is 1. The zero-order chi connectivity index (χ0) is 29.7. The molecule has 2 unspecified atom stereocenters. The summed E-state index contributed by atoms with van der Waals surface area (Å²) in [4.78, 5) is 40.8. The van der Waals surface area contributed by atoms with Crippen LogP contribution in [-0.2, 0) is 23.4 Å². The molecular weight excluding hydrogens is 551 g/mol. The van der Waals surface area contributed by atoms with Crippen LogP contribution in [0.1, 0.15) is 27.0 Å². The Morgan fingerprint density at radius 2 is 2.02 bits per heavy atom. The van der Waals surface area contributed by atoms with E-state index in [1.807, 2.05) is 10.9 Å². The Labute approximate surface area is 227 Å². The number of aromatic nitrogens is 2. The molecule has 214 valence electrons. The molecule has 0 spiro atoms. The maximum Gasteiger partial charge on any atom is 0.459 e. The average molecular weight is 578 g/mol. The van der Waals surface area contributed by atoms with E-state index < -0.39 is 67.4 Å². The number of azide groups is 1. The fourth-order valence-electron chi connectivity index (χ4n) is 3.67. The molecule has 4 N–H and O–H groups in total. The first-order valence-electron chi connectivity index (χ1n) is 11.7. The highest BCUT2D eigenvalue weighted by atomic mass is 31.2. The number of H-pyrrole nitrogens is 1. The summed E-state index contributed by atoms with van der Waals surface area (Å²) in [7, 11) is -4.57. The zero-order valence-electron chi connectivity index (χ0n) is 21.5. The van der Waals surface area contributed by atoms with Crippen molar-refractivity contribution in [1.82, 2.24) is 14.6 Å². The predicted octanol–water partition coefficient (Wildman–Crippen LogP) is 0.931. The first-order chi connectivity index (χ1) is 18.8. The second-order valence-corrected chi connectivity index (χ2v) is 10.6. The van der Waals surface area contributed by atoms with Crippen molar-refractivity contribution in [3.8, 4) is 18.1 Å². The van der Waals surface area contributed by atoms with Crippen LogP contribution < -0.4 is 20.9 Å². The van der Waals surface area contributed by atoms with E-state index in [0.29, 0.717) is 4.57 Å². The number of rotatable bonds is 11. The molecule has 1 saturated heterocycles. The number of benzene rings is 1. The summed E-state index contributed by atoms with van der Waals surface area (Å²) < 4.78 is 36.2. The number of nitrogens with one attached hydrogen (secondary N) is 2. The first kappa shape index (κ1) is 30.6. The highest BCUT2D eigenvalue weighted by Crippen LogP contribution is 2.50. The second-order valence-electron chi connectivity index (χ2n) is 8.91. The van der Waals surface area contributed by atoms with Gasteiger partial charge in [0.15, 0.2) is 11.8 Å². The van der Waals surface area contributed by atoms with Gasteiger partial charge in [-0.25, -0.2) is 9.36 Å². The van der Waals surface area contributed by atoms with E-state index in [0.717, 1.165) is 12.3 Å². The van der Waals surface area contributed by atoms with Crippen LogP contribution >= 0.6 is 7.75 Å². The average Bonchev–Trinajstić information content (AvgIpc) is 3.11. The van der Waals surface area contributed by atoms with Crippen LogP contribution in [0.4, 0.5) is 0 Å². The van der Waals surface area contributed by atoms with Crippen molar-refractivity contribution in [2.75, 3.05) is 6.61 Å². The Balaban J connectivity index is 1.99. The van der Waals surface area contributed by atoms with Crippen molar-refractivity contribution < 1.29 is 38.1 Å². The maximum absolute atomic E-state index is 13.8. The SMILES string of the molecule is C#C[C@@]1(O)[C@H](O)C(COP(=O)(N[C@@H](C)C(=O)OC(C)C)Oc2ccccc2)(N=[N+]=[N-])O[C@H]1n1ccc(=O)[nH]c1=O. The van der Waals surface area contributed by atoms with Gasteiger partial charge in [0.1, 0.15) is 17.9 Å². The summed E-state index contributed by atoms with van der Waals surface area (Å²) >= 11 is 0. The molecule has 1 fully saturated rings. The smallest absolute Gasteiger partial charge is 0.459 e. The lowest BCUT2D eigenvalue weighted by Gasteiger charge is -2.30. The first-order valence-corrected chi connectivity index (χ1v) is 13.2. The molecule has 0 radical (unpaired) electrons. The fourth-order valence-corrected chi connectivity index (χ4v) is 5.18. The van der Waals surface area contributed by atoms with Crippen molar-refractivity contribution in [2.24, 2.45) is 5.11 Å². The van der Waals surface area contributed by atoms with E-state index in [2.05, 4.69) is 15.1 Å². The topological polar surface area (TPSA) is 227 Å². The highest BCUT2D eigenvalue weighted by molar-refractivity contribution is 7.52. The van der Waals surface area contributed by atoms with Gasteiger partial charge in [0.25, 0.3) is 5.56 Å². The summed E-state index contributed by atoms with van der Waals surface area (Å²) in [6.07, 6.45) is 1.73. The quantitative estimate of drug-likeness (QED) is 0.0732. The molecule has 3 rings (SSSR count). The summed E-state index contributed by atoms with van der Waals surface area (Å²) in [5, 5.41) is 28.0. The van der Waals surface area contributed by atoms with Crippen LogP contribution in [0.5, 0.6) is 5.75 Å². The standard InChI is InChI=1S/C23H27N6O10P/c1-5-22(34)19(32)23(27-28-24,38-20(22)29-12-11-17(30)25-21(29)33)13-36-40(35,39-16-9-7-6-8-10-16)26-15(4)18(31)37-14(2)3/h1,6-12,14-15,19-20,32,34H,13H2,2-4H3,(H,26,35)(H,25,30,33)/t15-,19-,20+,22+,23?,40?/m0/s1. The van der Waals surface area contributed by atoms with Gasteiger partial charge in [0, 0.05) is 17.2 Å². The Morgan fingerprint density at radius 1 is 1.35 bits per heavy atom. The van der Waals surface area contributed by atoms with Crippen molar-refractivity contribution in [3.63, 3.8) is 0 Å². The lowest BCUT2D eigenvalue weighted by Crippen LogP contribution is -2.52. The number of esters is 1. The number of hydrogen-bond donors (Lipinski definition) is 4. The molecular formula is C23H27N6O10P. The third kappa shape index (κ3) is 6.44. The van der Waals surface area contributed by atoms with Gasteiger partial charge in [-0.3, -0.25) is 23.7 Å². The lowest BCUT2D eigenvalue weighted by atomic mass is 9.92. The number of ether oxygens (including phenoxy) is 2. The Bertz CT molecular complexity index is 1480. The molecule has 1 aliphatic heterocycles. The molecule has 0 saturated carbocycles. The Kier molecular flexibility index (Phi) is 9.24. The summed E-state index contributed by atoms with van der Waals surface area (Å²) in [5.41, 5.74) is 2.10. The van der Waals surface area contributed by atoms with Gasteiger partial charge in [0.2, 0.25) is 5.72 Å². The fraction of sp³-hybridized carbons (Fsp3) is 0.435. The minimum absolute atomic E-state index is 0.0475. The number of hydrogen-bond acceptors (Lipinski definition) is 11. The Hall–Kier alpha value is -3.93. The van der Waals surface area contributed by atoms with E-state index in [1.165, 1.54) is 19.1 Å². The molecule has 0 aliphatic carbocycles. The van der Waals surface area contributed by atoms with Gasteiger partial charge in [-0.15, -0.1) is 6.42 Å². The highest BCUT2D eigenvalue weighted by Gasteiger charge is 2.64. The molecule has 40 heavy (non-hydrogen) atoms. The number of aromatic amines is 1. The molecule has 0 amide bonds. The molecule has 17 heteroatoms. The van der Waals surface area contributed by atoms with Crippen molar-refractivity contribution in [1.29, 1.82) is 0 Å². The van der Waals surface area contributed by atoms with E-state index in [-0.39, 0.29) is 5.75 Å². The summed E-state index contributed by atoms with van der Waals surface area (Å²) in [5.74, 6) is 1.16. The van der Waals surface area contributed by atoms with Gasteiger partial charge in [-0.1, -0.05) is 29.2 Å². The monoisotopic (exact) mass is 578 g/mol. The molecule has 2 heterocycles. The molecule has 16 nitrogen and oxygen atoms in total.